The number of halogens is 2. The third-order valence-electron chi connectivity index (χ3n) is 4.53. The Labute approximate surface area is 180 Å². The van der Waals surface area contributed by atoms with Crippen LogP contribution in [-0.4, -0.2) is 17.1 Å². The number of anilines is 2. The van der Waals surface area contributed by atoms with Crippen molar-refractivity contribution < 1.29 is 4.74 Å². The van der Waals surface area contributed by atoms with Gasteiger partial charge in [-0.1, -0.05) is 39.7 Å². The van der Waals surface area contributed by atoms with Crippen LogP contribution in [-0.2, 0) is 0 Å². The van der Waals surface area contributed by atoms with E-state index in [2.05, 4.69) is 50.3 Å². The van der Waals surface area contributed by atoms with E-state index in [1.165, 1.54) is 4.88 Å². The number of hydrogen-bond donors (Lipinski definition) is 1. The smallest absolute Gasteiger partial charge is 0.143 e. The number of nitrogens with zero attached hydrogens (tertiary/aromatic N) is 2. The first-order chi connectivity index (χ1) is 13.5. The van der Waals surface area contributed by atoms with Crippen LogP contribution in [0.1, 0.15) is 10.4 Å². The van der Waals surface area contributed by atoms with Gasteiger partial charge >= 0.3 is 0 Å². The van der Waals surface area contributed by atoms with Gasteiger partial charge < -0.3 is 10.1 Å². The summed E-state index contributed by atoms with van der Waals surface area (Å²) in [5, 5.41) is 5.10. The summed E-state index contributed by atoms with van der Waals surface area (Å²) in [4.78, 5) is 11.2. The summed E-state index contributed by atoms with van der Waals surface area (Å²) in [7, 11) is 1.63. The number of methoxy groups -OCH3 is 1. The molecule has 0 saturated heterocycles. The molecule has 4 aromatic rings. The second kappa shape index (κ2) is 7.70. The zero-order chi connectivity index (χ0) is 19.8. The van der Waals surface area contributed by atoms with Gasteiger partial charge in [-0.3, -0.25) is 0 Å². The largest absolute Gasteiger partial charge is 0.495 e. The second-order valence-electron chi connectivity index (χ2n) is 6.37. The fourth-order valence-electron chi connectivity index (χ4n) is 3.16. The van der Waals surface area contributed by atoms with Crippen molar-refractivity contribution in [3.8, 4) is 16.9 Å². The molecule has 0 spiro atoms. The van der Waals surface area contributed by atoms with Gasteiger partial charge in [-0.25, -0.2) is 9.97 Å². The maximum atomic E-state index is 6.25. The molecule has 0 fully saturated rings. The van der Waals surface area contributed by atoms with E-state index in [0.29, 0.717) is 10.8 Å². The number of nitrogens with one attached hydrogen (secondary N) is 1. The number of benzene rings is 2. The van der Waals surface area contributed by atoms with Gasteiger partial charge in [-0.05, 0) is 43.2 Å². The van der Waals surface area contributed by atoms with E-state index in [4.69, 9.17) is 16.3 Å². The molecule has 0 aliphatic carbocycles. The molecule has 0 aliphatic rings. The van der Waals surface area contributed by atoms with Gasteiger partial charge in [-0.2, -0.15) is 0 Å². The van der Waals surface area contributed by atoms with Crippen molar-refractivity contribution in [1.29, 1.82) is 0 Å². The molecule has 0 unspecified atom stereocenters. The lowest BCUT2D eigenvalue weighted by Crippen LogP contribution is -1.99. The summed E-state index contributed by atoms with van der Waals surface area (Å²) in [6.45, 7) is 4.07. The highest BCUT2D eigenvalue weighted by atomic mass is 79.9. The minimum Gasteiger partial charge on any atom is -0.495 e. The van der Waals surface area contributed by atoms with Crippen LogP contribution in [0.3, 0.4) is 0 Å². The normalized spacial score (nSPS) is 11.0. The monoisotopic (exact) mass is 473 g/mol. The van der Waals surface area contributed by atoms with E-state index in [1.807, 2.05) is 31.2 Å². The lowest BCUT2D eigenvalue weighted by Gasteiger charge is -2.14. The van der Waals surface area contributed by atoms with E-state index >= 15 is 0 Å². The third-order valence-corrected chi connectivity index (χ3v) is 6.48. The average Bonchev–Trinajstić information content (AvgIpc) is 3.02. The highest BCUT2D eigenvalue weighted by Crippen LogP contribution is 2.42. The van der Waals surface area contributed by atoms with Crippen LogP contribution >= 0.6 is 38.9 Å². The highest BCUT2D eigenvalue weighted by molar-refractivity contribution is 9.10. The van der Waals surface area contributed by atoms with Gasteiger partial charge in [0.2, 0.25) is 0 Å². The Morgan fingerprint density at radius 3 is 2.57 bits per heavy atom. The molecular formula is C21H17BrClN3OS. The Morgan fingerprint density at radius 2 is 1.86 bits per heavy atom. The van der Waals surface area contributed by atoms with E-state index in [1.54, 1.807) is 24.8 Å². The maximum absolute atomic E-state index is 6.25. The average molecular weight is 475 g/mol. The molecule has 0 aliphatic heterocycles. The van der Waals surface area contributed by atoms with Gasteiger partial charge in [0.15, 0.2) is 0 Å². The Morgan fingerprint density at radius 1 is 1.11 bits per heavy atom. The Hall–Kier alpha value is -2.15. The number of ether oxygens (including phenoxy) is 1. The van der Waals surface area contributed by atoms with Crippen molar-refractivity contribution in [1.82, 2.24) is 9.97 Å². The standard InChI is InChI=1S/C21H17BrClN3OS/c1-11-8-16(17(27-3)9-15(11)23)26-20-19-18(13-4-6-14(22)7-5-13)12(2)28-21(19)25-10-24-20/h4-10H,1-3H3,(H,24,25,26). The maximum Gasteiger partial charge on any atom is 0.143 e. The second-order valence-corrected chi connectivity index (χ2v) is 8.90. The Kier molecular flexibility index (Phi) is 5.27. The topological polar surface area (TPSA) is 47.0 Å². The van der Waals surface area contributed by atoms with Crippen LogP contribution in [0, 0.1) is 13.8 Å². The van der Waals surface area contributed by atoms with Crippen LogP contribution < -0.4 is 10.1 Å². The minimum atomic E-state index is 0.664. The number of rotatable bonds is 4. The first kappa shape index (κ1) is 19.2. The van der Waals surface area contributed by atoms with Crippen LogP contribution in [0.25, 0.3) is 21.3 Å². The lowest BCUT2D eigenvalue weighted by atomic mass is 10.0. The Balaban J connectivity index is 1.89. The van der Waals surface area contributed by atoms with Crippen molar-refractivity contribution in [2.24, 2.45) is 0 Å². The number of hydrogen-bond acceptors (Lipinski definition) is 5. The number of aromatic nitrogens is 2. The van der Waals surface area contributed by atoms with E-state index < -0.39 is 0 Å². The SMILES string of the molecule is COc1cc(Cl)c(C)cc1Nc1ncnc2sc(C)c(-c3ccc(Br)cc3)c12. The first-order valence-electron chi connectivity index (χ1n) is 8.59. The zero-order valence-electron chi connectivity index (χ0n) is 15.5. The van der Waals surface area contributed by atoms with Crippen molar-refractivity contribution in [3.05, 3.63) is 62.7 Å². The van der Waals surface area contributed by atoms with Crippen molar-refractivity contribution in [2.75, 3.05) is 12.4 Å². The molecule has 0 radical (unpaired) electrons. The summed E-state index contributed by atoms with van der Waals surface area (Å²) in [6.07, 6.45) is 1.58. The predicted octanol–water partition coefficient (Wildman–Crippen LogP) is 7.14. The van der Waals surface area contributed by atoms with Crippen molar-refractivity contribution >= 4 is 60.6 Å². The molecule has 28 heavy (non-hydrogen) atoms. The van der Waals surface area contributed by atoms with E-state index in [9.17, 15) is 0 Å². The lowest BCUT2D eigenvalue weighted by molar-refractivity contribution is 0.416. The first-order valence-corrected chi connectivity index (χ1v) is 10.6. The summed E-state index contributed by atoms with van der Waals surface area (Å²) >= 11 is 11.4. The van der Waals surface area contributed by atoms with Gasteiger partial charge in [0.05, 0.1) is 18.2 Å². The van der Waals surface area contributed by atoms with Crippen molar-refractivity contribution in [3.63, 3.8) is 0 Å². The van der Waals surface area contributed by atoms with Crippen LogP contribution in [0.4, 0.5) is 11.5 Å². The molecule has 0 bridgehead atoms. The summed E-state index contributed by atoms with van der Waals surface area (Å²) in [5.41, 5.74) is 4.05. The van der Waals surface area contributed by atoms with Gasteiger partial charge in [0.25, 0.3) is 0 Å². The molecule has 4 rings (SSSR count). The molecule has 2 aromatic heterocycles. The molecule has 0 atom stereocenters. The fraction of sp³-hybridized carbons (Fsp3) is 0.143. The van der Waals surface area contributed by atoms with Crippen molar-refractivity contribution in [2.45, 2.75) is 13.8 Å². The van der Waals surface area contributed by atoms with E-state index in [0.717, 1.165) is 42.9 Å². The minimum absolute atomic E-state index is 0.664. The van der Waals surface area contributed by atoms with Crippen LogP contribution in [0.15, 0.2) is 47.2 Å². The molecule has 7 heteroatoms. The van der Waals surface area contributed by atoms with Crippen LogP contribution in [0.5, 0.6) is 5.75 Å². The third kappa shape index (κ3) is 3.48. The molecule has 0 saturated carbocycles. The predicted molar refractivity (Wildman–Crippen MR) is 121 cm³/mol. The molecule has 2 heterocycles. The summed E-state index contributed by atoms with van der Waals surface area (Å²) < 4.78 is 6.55. The van der Waals surface area contributed by atoms with Gasteiger partial charge in [-0.15, -0.1) is 11.3 Å². The number of thiophene rings is 1. The summed E-state index contributed by atoms with van der Waals surface area (Å²) in [6, 6.07) is 12.1. The quantitative estimate of drug-likeness (QED) is 0.341. The zero-order valence-corrected chi connectivity index (χ0v) is 18.7. The number of aryl methyl sites for hydroxylation is 2. The Bertz CT molecular complexity index is 1170. The fourth-order valence-corrected chi connectivity index (χ4v) is 4.59. The molecule has 0 amide bonds. The van der Waals surface area contributed by atoms with Gasteiger partial charge in [0.1, 0.15) is 22.7 Å². The molecule has 142 valence electrons. The molecule has 4 nitrogen and oxygen atoms in total. The summed E-state index contributed by atoms with van der Waals surface area (Å²) in [5.74, 6) is 1.41. The van der Waals surface area contributed by atoms with Gasteiger partial charge in [0, 0.05) is 26.0 Å². The molecular weight excluding hydrogens is 458 g/mol. The highest BCUT2D eigenvalue weighted by Gasteiger charge is 2.18. The van der Waals surface area contributed by atoms with Crippen LogP contribution in [0.2, 0.25) is 5.02 Å². The number of fused-ring (bicyclic) bond motifs is 1. The molecule has 2 aromatic carbocycles. The molecule has 1 N–H and O–H groups in total. The van der Waals surface area contributed by atoms with E-state index in [-0.39, 0.29) is 0 Å².